The number of nitrogens with one attached hydrogen (secondary N) is 2. The summed E-state index contributed by atoms with van der Waals surface area (Å²) in [6, 6.07) is 14.6. The average molecular weight is 467 g/mol. The Balaban J connectivity index is 1.83. The number of sulfonamides is 1. The summed E-state index contributed by atoms with van der Waals surface area (Å²) in [6.45, 7) is 2.48. The lowest BCUT2D eigenvalue weighted by molar-refractivity contribution is -0.115. The third kappa shape index (κ3) is 9.20. The molecule has 0 saturated heterocycles. The second-order valence-corrected chi connectivity index (χ2v) is 11.3. The maximum absolute atomic E-state index is 12.3. The molecule has 9 heteroatoms. The summed E-state index contributed by atoms with van der Waals surface area (Å²) in [7, 11) is -7.01. The minimum Gasteiger partial charge on any atom is -0.326 e. The third-order valence-electron chi connectivity index (χ3n) is 4.64. The molecule has 0 fully saturated rings. The molecule has 31 heavy (non-hydrogen) atoms. The lowest BCUT2D eigenvalue weighted by atomic mass is 10.2. The number of carbonyl (C=O) groups excluding carboxylic acids is 1. The molecule has 0 aliphatic heterocycles. The number of amides is 1. The zero-order chi connectivity index (χ0) is 22.7. The van der Waals surface area contributed by atoms with Gasteiger partial charge in [0.2, 0.25) is 15.9 Å². The van der Waals surface area contributed by atoms with Gasteiger partial charge in [-0.3, -0.25) is 4.79 Å². The smallest absolute Gasteiger partial charge is 0.240 e. The van der Waals surface area contributed by atoms with Crippen molar-refractivity contribution >= 4 is 31.5 Å². The highest BCUT2D eigenvalue weighted by Crippen LogP contribution is 2.15. The van der Waals surface area contributed by atoms with Crippen molar-refractivity contribution < 1.29 is 21.6 Å². The van der Waals surface area contributed by atoms with Gasteiger partial charge in [-0.05, 0) is 36.2 Å². The minimum atomic E-state index is -3.59. The van der Waals surface area contributed by atoms with E-state index in [4.69, 9.17) is 0 Å². The average Bonchev–Trinajstić information content (AvgIpc) is 2.73. The van der Waals surface area contributed by atoms with Crippen LogP contribution in [0.5, 0.6) is 0 Å². The molecule has 2 rings (SSSR count). The van der Waals surface area contributed by atoms with Crippen LogP contribution in [0.3, 0.4) is 0 Å². The highest BCUT2D eigenvalue weighted by molar-refractivity contribution is 7.90. The second-order valence-electron chi connectivity index (χ2n) is 7.36. The van der Waals surface area contributed by atoms with E-state index in [9.17, 15) is 21.6 Å². The first-order chi connectivity index (χ1) is 14.7. The van der Waals surface area contributed by atoms with Crippen molar-refractivity contribution in [2.24, 2.45) is 0 Å². The summed E-state index contributed by atoms with van der Waals surface area (Å²) in [6.07, 6.45) is 3.75. The first-order valence-electron chi connectivity index (χ1n) is 10.4. The van der Waals surface area contributed by atoms with E-state index < -0.39 is 25.8 Å². The van der Waals surface area contributed by atoms with E-state index in [0.29, 0.717) is 17.8 Å². The van der Waals surface area contributed by atoms with Crippen LogP contribution in [-0.4, -0.2) is 35.0 Å². The molecule has 7 nitrogen and oxygen atoms in total. The molecule has 0 atom stereocenters. The monoisotopic (exact) mass is 466 g/mol. The summed E-state index contributed by atoms with van der Waals surface area (Å²) < 4.78 is 51.6. The molecular weight excluding hydrogens is 436 g/mol. The molecule has 0 radical (unpaired) electrons. The summed E-state index contributed by atoms with van der Waals surface area (Å²) in [5.41, 5.74) is 1.09. The molecule has 0 aromatic heterocycles. The number of benzene rings is 2. The maximum atomic E-state index is 12.3. The number of unbranched alkanes of at least 4 members (excludes halogenated alkanes) is 3. The lowest BCUT2D eigenvalue weighted by Crippen LogP contribution is -2.24. The second kappa shape index (κ2) is 12.0. The predicted molar refractivity (Wildman–Crippen MR) is 123 cm³/mol. The van der Waals surface area contributed by atoms with E-state index in [1.165, 1.54) is 24.3 Å². The normalized spacial score (nSPS) is 11.9. The van der Waals surface area contributed by atoms with Crippen molar-refractivity contribution in [3.8, 4) is 0 Å². The topological polar surface area (TPSA) is 109 Å². The molecule has 2 N–H and O–H groups in total. The van der Waals surface area contributed by atoms with Crippen LogP contribution in [0.2, 0.25) is 0 Å². The molecule has 0 aliphatic carbocycles. The summed E-state index contributed by atoms with van der Waals surface area (Å²) in [5, 5.41) is 2.60. The molecule has 0 heterocycles. The van der Waals surface area contributed by atoms with Gasteiger partial charge in [-0.1, -0.05) is 56.5 Å². The minimum absolute atomic E-state index is 0.112. The van der Waals surface area contributed by atoms with E-state index in [-0.39, 0.29) is 22.8 Å². The largest absolute Gasteiger partial charge is 0.326 e. The quantitative estimate of drug-likeness (QED) is 0.439. The van der Waals surface area contributed by atoms with Crippen LogP contribution in [0, 0.1) is 0 Å². The Kier molecular flexibility index (Phi) is 9.67. The van der Waals surface area contributed by atoms with Crippen LogP contribution >= 0.6 is 0 Å². The number of hydrogen-bond donors (Lipinski definition) is 2. The number of sulfone groups is 1. The molecule has 170 valence electrons. The van der Waals surface area contributed by atoms with Crippen molar-refractivity contribution in [1.82, 2.24) is 4.72 Å². The molecule has 0 bridgehead atoms. The standard InChI is InChI=1S/C22H30N2O5S2/c1-2-3-4-8-16-23-31(28,29)21-13-11-20(12-14-21)24-22(25)15-17-30(26,27)18-19-9-6-5-7-10-19/h5-7,9-14,23H,2-4,8,15-18H2,1H3,(H,24,25). The van der Waals surface area contributed by atoms with Crippen LogP contribution in [-0.2, 0) is 30.4 Å². The molecule has 1 amide bonds. The highest BCUT2D eigenvalue weighted by Gasteiger charge is 2.16. The van der Waals surface area contributed by atoms with Crippen LogP contribution < -0.4 is 10.0 Å². The van der Waals surface area contributed by atoms with Crippen LogP contribution in [0.4, 0.5) is 5.69 Å². The van der Waals surface area contributed by atoms with Crippen molar-refractivity contribution in [3.05, 3.63) is 60.2 Å². The van der Waals surface area contributed by atoms with Gasteiger partial charge >= 0.3 is 0 Å². The zero-order valence-corrected chi connectivity index (χ0v) is 19.3. The predicted octanol–water partition coefficient (Wildman–Crippen LogP) is 3.49. The van der Waals surface area contributed by atoms with Crippen LogP contribution in [0.15, 0.2) is 59.5 Å². The van der Waals surface area contributed by atoms with Gasteiger partial charge in [-0.25, -0.2) is 21.6 Å². The lowest BCUT2D eigenvalue weighted by Gasteiger charge is -2.09. The van der Waals surface area contributed by atoms with E-state index in [2.05, 4.69) is 17.0 Å². The van der Waals surface area contributed by atoms with Crippen molar-refractivity contribution in [1.29, 1.82) is 0 Å². The van der Waals surface area contributed by atoms with E-state index >= 15 is 0 Å². The molecule has 0 spiro atoms. The fourth-order valence-corrected chi connectivity index (χ4v) is 5.35. The number of anilines is 1. The Bertz CT molecular complexity index is 1040. The van der Waals surface area contributed by atoms with Crippen LogP contribution in [0.25, 0.3) is 0 Å². The van der Waals surface area contributed by atoms with Gasteiger partial charge in [0.15, 0.2) is 9.84 Å². The maximum Gasteiger partial charge on any atom is 0.240 e. The van der Waals surface area contributed by atoms with Gasteiger partial charge < -0.3 is 5.32 Å². The van der Waals surface area contributed by atoms with Crippen LogP contribution in [0.1, 0.15) is 44.6 Å². The molecule has 0 unspecified atom stereocenters. The highest BCUT2D eigenvalue weighted by atomic mass is 32.2. The number of carbonyl (C=O) groups is 1. The Morgan fingerprint density at radius 1 is 0.871 bits per heavy atom. The summed E-state index contributed by atoms with van der Waals surface area (Å²) in [4.78, 5) is 12.2. The SMILES string of the molecule is CCCCCCNS(=O)(=O)c1ccc(NC(=O)CCS(=O)(=O)Cc2ccccc2)cc1. The molecule has 2 aromatic carbocycles. The van der Waals surface area contributed by atoms with Crippen molar-refractivity contribution in [2.75, 3.05) is 17.6 Å². The van der Waals surface area contributed by atoms with E-state index in [0.717, 1.165) is 25.7 Å². The third-order valence-corrected chi connectivity index (χ3v) is 7.72. The number of rotatable bonds is 13. The zero-order valence-electron chi connectivity index (χ0n) is 17.7. The first kappa shape index (κ1) is 25.0. The molecule has 2 aromatic rings. The van der Waals surface area contributed by atoms with E-state index in [1.54, 1.807) is 24.3 Å². The van der Waals surface area contributed by atoms with Gasteiger partial charge in [0.05, 0.1) is 16.4 Å². The molecular formula is C22H30N2O5S2. The van der Waals surface area contributed by atoms with Crippen molar-refractivity contribution in [2.45, 2.75) is 49.7 Å². The Hall–Kier alpha value is -2.23. The first-order valence-corrected chi connectivity index (χ1v) is 13.7. The van der Waals surface area contributed by atoms with Gasteiger partial charge in [-0.15, -0.1) is 0 Å². The van der Waals surface area contributed by atoms with E-state index in [1.807, 2.05) is 6.07 Å². The Morgan fingerprint density at radius 2 is 1.55 bits per heavy atom. The van der Waals surface area contributed by atoms with Gasteiger partial charge in [0, 0.05) is 18.7 Å². The fraction of sp³-hybridized carbons (Fsp3) is 0.409. The fourth-order valence-electron chi connectivity index (χ4n) is 2.93. The summed E-state index contributed by atoms with van der Waals surface area (Å²) >= 11 is 0. The Labute approximate surface area is 185 Å². The molecule has 0 aliphatic rings. The van der Waals surface area contributed by atoms with Gasteiger partial charge in [-0.2, -0.15) is 0 Å². The number of hydrogen-bond acceptors (Lipinski definition) is 5. The Morgan fingerprint density at radius 3 is 2.19 bits per heavy atom. The van der Waals surface area contributed by atoms with Crippen molar-refractivity contribution in [3.63, 3.8) is 0 Å². The van der Waals surface area contributed by atoms with Gasteiger partial charge in [0.25, 0.3) is 0 Å². The summed E-state index contributed by atoms with van der Waals surface area (Å²) in [5.74, 6) is -0.817. The molecule has 0 saturated carbocycles. The van der Waals surface area contributed by atoms with Gasteiger partial charge in [0.1, 0.15) is 0 Å².